The number of nitrogens with two attached hydrogens (primary N) is 1. The van der Waals surface area contributed by atoms with E-state index in [-0.39, 0.29) is 0 Å². The molecule has 2 N–H and O–H groups in total. The van der Waals surface area contributed by atoms with Gasteiger partial charge in [0.15, 0.2) is 5.96 Å². The van der Waals surface area contributed by atoms with Crippen molar-refractivity contribution in [2.24, 2.45) is 10.7 Å². The first kappa shape index (κ1) is 13.1. The fourth-order valence-electron chi connectivity index (χ4n) is 1.77. The average molecular weight is 254 g/mol. The van der Waals surface area contributed by atoms with Crippen molar-refractivity contribution in [1.29, 1.82) is 0 Å². The molecular formula is C15H18N4. The van der Waals surface area contributed by atoms with Crippen LogP contribution in [0.2, 0.25) is 0 Å². The maximum atomic E-state index is 6.07. The van der Waals surface area contributed by atoms with Gasteiger partial charge in [0.1, 0.15) is 0 Å². The maximum absolute atomic E-state index is 6.07. The number of benzene rings is 1. The predicted octanol–water partition coefficient (Wildman–Crippen LogP) is 2.55. The van der Waals surface area contributed by atoms with Gasteiger partial charge in [-0.05, 0) is 36.8 Å². The van der Waals surface area contributed by atoms with Crippen molar-refractivity contribution in [1.82, 2.24) is 9.88 Å². The molecule has 2 aromatic rings. The van der Waals surface area contributed by atoms with E-state index in [4.69, 9.17) is 5.73 Å². The van der Waals surface area contributed by atoms with Gasteiger partial charge >= 0.3 is 0 Å². The van der Waals surface area contributed by atoms with Crippen molar-refractivity contribution < 1.29 is 0 Å². The van der Waals surface area contributed by atoms with Gasteiger partial charge in [0, 0.05) is 25.5 Å². The van der Waals surface area contributed by atoms with Crippen LogP contribution in [0.5, 0.6) is 0 Å². The van der Waals surface area contributed by atoms with Crippen molar-refractivity contribution in [2.45, 2.75) is 13.5 Å². The molecule has 0 spiro atoms. The first-order valence-electron chi connectivity index (χ1n) is 6.32. The van der Waals surface area contributed by atoms with Crippen molar-refractivity contribution in [3.63, 3.8) is 0 Å². The lowest BCUT2D eigenvalue weighted by Gasteiger charge is -2.21. The Bertz CT molecular complexity index is 522. The average Bonchev–Trinajstić information content (AvgIpc) is 2.47. The standard InChI is InChI=1S/C15H18N4/c1-2-19(12-13-8-10-17-11-9-13)15(16)18-14-6-4-3-5-7-14/h3-11H,2,12H2,1H3,(H2,16,18). The Morgan fingerprint density at radius 1 is 1.16 bits per heavy atom. The van der Waals surface area contributed by atoms with Crippen molar-refractivity contribution in [2.75, 3.05) is 6.54 Å². The third-order valence-corrected chi connectivity index (χ3v) is 2.83. The molecule has 1 aromatic heterocycles. The fourth-order valence-corrected chi connectivity index (χ4v) is 1.77. The second kappa shape index (κ2) is 6.54. The first-order chi connectivity index (χ1) is 9.29. The van der Waals surface area contributed by atoms with Crippen LogP contribution in [0.3, 0.4) is 0 Å². The Morgan fingerprint density at radius 2 is 1.84 bits per heavy atom. The topological polar surface area (TPSA) is 54.5 Å². The number of guanidine groups is 1. The summed E-state index contributed by atoms with van der Waals surface area (Å²) in [6, 6.07) is 13.7. The lowest BCUT2D eigenvalue weighted by Crippen LogP contribution is -2.36. The van der Waals surface area contributed by atoms with E-state index in [1.165, 1.54) is 5.56 Å². The summed E-state index contributed by atoms with van der Waals surface area (Å²) in [4.78, 5) is 10.5. The van der Waals surface area contributed by atoms with E-state index in [0.29, 0.717) is 5.96 Å². The highest BCUT2D eigenvalue weighted by Crippen LogP contribution is 2.11. The molecule has 1 aromatic carbocycles. The molecule has 4 heteroatoms. The van der Waals surface area contributed by atoms with Crippen molar-refractivity contribution >= 4 is 11.6 Å². The second-order valence-electron chi connectivity index (χ2n) is 4.18. The van der Waals surface area contributed by atoms with E-state index in [2.05, 4.69) is 16.9 Å². The SMILES string of the molecule is CCN(Cc1ccncc1)C(N)=Nc1ccccc1. The highest BCUT2D eigenvalue weighted by molar-refractivity contribution is 5.81. The molecule has 0 saturated carbocycles. The summed E-state index contributed by atoms with van der Waals surface area (Å²) in [6.07, 6.45) is 3.57. The van der Waals surface area contributed by atoms with Crippen LogP contribution in [0, 0.1) is 0 Å². The Morgan fingerprint density at radius 3 is 2.47 bits per heavy atom. The van der Waals surface area contributed by atoms with Gasteiger partial charge in [-0.25, -0.2) is 4.99 Å². The molecule has 0 bridgehead atoms. The Kier molecular flexibility index (Phi) is 4.50. The maximum Gasteiger partial charge on any atom is 0.196 e. The molecule has 0 aliphatic rings. The first-order valence-corrected chi connectivity index (χ1v) is 6.32. The Hall–Kier alpha value is -2.36. The van der Waals surface area contributed by atoms with Gasteiger partial charge in [0.2, 0.25) is 0 Å². The molecule has 0 amide bonds. The molecule has 19 heavy (non-hydrogen) atoms. The molecule has 0 aliphatic heterocycles. The number of pyridine rings is 1. The van der Waals surface area contributed by atoms with Gasteiger partial charge in [0.05, 0.1) is 5.69 Å². The number of aliphatic imine (C=N–C) groups is 1. The molecule has 2 rings (SSSR count). The summed E-state index contributed by atoms with van der Waals surface area (Å²) in [7, 11) is 0. The molecule has 0 aliphatic carbocycles. The highest BCUT2D eigenvalue weighted by Gasteiger charge is 2.06. The van der Waals surface area contributed by atoms with Crippen molar-refractivity contribution in [3.8, 4) is 0 Å². The molecule has 0 saturated heterocycles. The summed E-state index contributed by atoms with van der Waals surface area (Å²) in [6.45, 7) is 3.61. The summed E-state index contributed by atoms with van der Waals surface area (Å²) in [5, 5.41) is 0. The number of hydrogen-bond donors (Lipinski definition) is 1. The fraction of sp³-hybridized carbons (Fsp3) is 0.200. The summed E-state index contributed by atoms with van der Waals surface area (Å²) < 4.78 is 0. The van der Waals surface area contributed by atoms with E-state index < -0.39 is 0 Å². The number of para-hydroxylation sites is 1. The van der Waals surface area contributed by atoms with Gasteiger partial charge in [-0.3, -0.25) is 4.98 Å². The smallest absolute Gasteiger partial charge is 0.196 e. The van der Waals surface area contributed by atoms with Crippen LogP contribution >= 0.6 is 0 Å². The lowest BCUT2D eigenvalue weighted by atomic mass is 10.2. The minimum Gasteiger partial charge on any atom is -0.369 e. The Balaban J connectivity index is 2.11. The molecule has 1 heterocycles. The van der Waals surface area contributed by atoms with Crippen LogP contribution < -0.4 is 5.73 Å². The molecule has 4 nitrogen and oxygen atoms in total. The van der Waals surface area contributed by atoms with E-state index in [0.717, 1.165) is 18.8 Å². The van der Waals surface area contributed by atoms with Gasteiger partial charge < -0.3 is 10.6 Å². The highest BCUT2D eigenvalue weighted by atomic mass is 15.2. The monoisotopic (exact) mass is 254 g/mol. The van der Waals surface area contributed by atoms with Gasteiger partial charge in [0.25, 0.3) is 0 Å². The zero-order valence-corrected chi connectivity index (χ0v) is 11.0. The van der Waals surface area contributed by atoms with Crippen LogP contribution in [-0.4, -0.2) is 22.4 Å². The third-order valence-electron chi connectivity index (χ3n) is 2.83. The number of aromatic nitrogens is 1. The predicted molar refractivity (Wildman–Crippen MR) is 78.0 cm³/mol. The number of nitrogens with zero attached hydrogens (tertiary/aromatic N) is 3. The molecule has 0 unspecified atom stereocenters. The zero-order valence-electron chi connectivity index (χ0n) is 11.0. The van der Waals surface area contributed by atoms with Gasteiger partial charge in [-0.15, -0.1) is 0 Å². The largest absolute Gasteiger partial charge is 0.369 e. The quantitative estimate of drug-likeness (QED) is 0.674. The minimum absolute atomic E-state index is 0.533. The third kappa shape index (κ3) is 3.81. The summed E-state index contributed by atoms with van der Waals surface area (Å²) in [5.74, 6) is 0.533. The van der Waals surface area contributed by atoms with Gasteiger partial charge in [-0.1, -0.05) is 18.2 Å². The van der Waals surface area contributed by atoms with Crippen LogP contribution in [0.25, 0.3) is 0 Å². The summed E-state index contributed by atoms with van der Waals surface area (Å²) in [5.41, 5.74) is 8.11. The zero-order chi connectivity index (χ0) is 13.5. The van der Waals surface area contributed by atoms with Crippen LogP contribution in [0.15, 0.2) is 59.9 Å². The molecular weight excluding hydrogens is 236 g/mol. The van der Waals surface area contributed by atoms with E-state index >= 15 is 0 Å². The molecule has 0 atom stereocenters. The number of rotatable bonds is 4. The van der Waals surface area contributed by atoms with Gasteiger partial charge in [-0.2, -0.15) is 0 Å². The van der Waals surface area contributed by atoms with Crippen molar-refractivity contribution in [3.05, 3.63) is 60.4 Å². The Labute approximate surface area is 113 Å². The molecule has 98 valence electrons. The van der Waals surface area contributed by atoms with Crippen LogP contribution in [0.1, 0.15) is 12.5 Å². The normalized spacial score (nSPS) is 11.3. The lowest BCUT2D eigenvalue weighted by molar-refractivity contribution is 0.430. The summed E-state index contributed by atoms with van der Waals surface area (Å²) >= 11 is 0. The van der Waals surface area contributed by atoms with Crippen LogP contribution in [-0.2, 0) is 6.54 Å². The van der Waals surface area contributed by atoms with Crippen LogP contribution in [0.4, 0.5) is 5.69 Å². The minimum atomic E-state index is 0.533. The molecule has 0 radical (unpaired) electrons. The van der Waals surface area contributed by atoms with E-state index in [1.54, 1.807) is 12.4 Å². The number of hydrogen-bond acceptors (Lipinski definition) is 2. The molecule has 0 fully saturated rings. The van der Waals surface area contributed by atoms with E-state index in [1.807, 2.05) is 47.4 Å². The van der Waals surface area contributed by atoms with E-state index in [9.17, 15) is 0 Å². The second-order valence-corrected chi connectivity index (χ2v) is 4.18.